The maximum Gasteiger partial charge on any atom is 0.242 e. The van der Waals surface area contributed by atoms with Crippen molar-refractivity contribution < 1.29 is 13.6 Å². The van der Waals surface area contributed by atoms with Crippen molar-refractivity contribution in [2.75, 3.05) is 18.9 Å². The second-order valence-electron chi connectivity index (χ2n) is 4.74. The minimum Gasteiger partial charge on any atom is -0.464 e. The van der Waals surface area contributed by atoms with Crippen LogP contribution in [0.5, 0.6) is 0 Å². The highest BCUT2D eigenvalue weighted by Gasteiger charge is 2.12. The molecule has 0 spiro atoms. The highest BCUT2D eigenvalue weighted by atomic mass is 35.5. The first-order chi connectivity index (χ1) is 9.95. The highest BCUT2D eigenvalue weighted by molar-refractivity contribution is 6.30. The lowest BCUT2D eigenvalue weighted by Gasteiger charge is -2.16. The van der Waals surface area contributed by atoms with Crippen LogP contribution in [-0.2, 0) is 11.3 Å². The van der Waals surface area contributed by atoms with Gasteiger partial charge in [-0.15, -0.1) is 0 Å². The van der Waals surface area contributed by atoms with E-state index in [1.54, 1.807) is 7.05 Å². The van der Waals surface area contributed by atoms with Gasteiger partial charge in [-0.25, -0.2) is 4.39 Å². The van der Waals surface area contributed by atoms with Gasteiger partial charge in [0.2, 0.25) is 5.91 Å². The van der Waals surface area contributed by atoms with E-state index < -0.39 is 5.82 Å². The van der Waals surface area contributed by atoms with Gasteiger partial charge in [0, 0.05) is 12.1 Å². The van der Waals surface area contributed by atoms with Crippen LogP contribution < -0.4 is 5.32 Å². The summed E-state index contributed by atoms with van der Waals surface area (Å²) in [6, 6.07) is 7.82. The lowest BCUT2D eigenvalue weighted by molar-refractivity contribution is -0.128. The molecule has 1 aromatic carbocycles. The fraction of sp³-hybridized carbons (Fsp3) is 0.267. The molecule has 1 aromatic heterocycles. The minimum absolute atomic E-state index is 0.0204. The number of halogens is 2. The van der Waals surface area contributed by atoms with Gasteiger partial charge in [-0.05, 0) is 37.3 Å². The molecule has 0 saturated carbocycles. The molecule has 0 aliphatic heterocycles. The van der Waals surface area contributed by atoms with E-state index in [9.17, 15) is 9.18 Å². The Hall–Kier alpha value is -2.01. The number of benzene rings is 1. The summed E-state index contributed by atoms with van der Waals surface area (Å²) in [5.41, 5.74) is 0.207. The third kappa shape index (κ3) is 4.23. The number of amides is 1. The lowest BCUT2D eigenvalue weighted by Crippen LogP contribution is -2.31. The molecule has 21 heavy (non-hydrogen) atoms. The van der Waals surface area contributed by atoms with E-state index in [0.717, 1.165) is 5.76 Å². The smallest absolute Gasteiger partial charge is 0.242 e. The fourth-order valence-corrected chi connectivity index (χ4v) is 2.00. The van der Waals surface area contributed by atoms with Crippen molar-refractivity contribution in [1.82, 2.24) is 4.90 Å². The van der Waals surface area contributed by atoms with Crippen LogP contribution in [0.4, 0.5) is 10.1 Å². The van der Waals surface area contributed by atoms with Crippen LogP contribution in [0.3, 0.4) is 0 Å². The first-order valence-electron chi connectivity index (χ1n) is 6.44. The topological polar surface area (TPSA) is 45.5 Å². The van der Waals surface area contributed by atoms with Gasteiger partial charge < -0.3 is 14.6 Å². The van der Waals surface area contributed by atoms with Crippen LogP contribution in [0.1, 0.15) is 11.5 Å². The first-order valence-corrected chi connectivity index (χ1v) is 6.81. The Labute approximate surface area is 127 Å². The number of anilines is 1. The number of carbonyl (C=O) groups is 1. The number of nitrogens with one attached hydrogen (secondary N) is 1. The van der Waals surface area contributed by atoms with Crippen molar-refractivity contribution in [2.45, 2.75) is 13.5 Å². The lowest BCUT2D eigenvalue weighted by atomic mass is 10.3. The van der Waals surface area contributed by atoms with Gasteiger partial charge in [-0.3, -0.25) is 4.79 Å². The molecule has 0 saturated heterocycles. The Kier molecular flexibility index (Phi) is 4.85. The Morgan fingerprint density at radius 2 is 2.14 bits per heavy atom. The quantitative estimate of drug-likeness (QED) is 0.920. The molecule has 0 aliphatic rings. The third-order valence-electron chi connectivity index (χ3n) is 2.97. The summed E-state index contributed by atoms with van der Waals surface area (Å²) in [7, 11) is 1.66. The Morgan fingerprint density at radius 1 is 1.38 bits per heavy atom. The zero-order valence-corrected chi connectivity index (χ0v) is 12.6. The fourth-order valence-electron chi connectivity index (χ4n) is 1.83. The molecular formula is C15H16ClFN2O2. The maximum absolute atomic E-state index is 13.5. The molecule has 6 heteroatoms. The number of carbonyl (C=O) groups excluding carboxylic acids is 1. The van der Waals surface area contributed by atoms with Gasteiger partial charge in [0.25, 0.3) is 0 Å². The van der Waals surface area contributed by atoms with Crippen LogP contribution in [0.2, 0.25) is 5.02 Å². The number of likely N-dealkylation sites (N-methyl/N-ethyl adjacent to an activating group) is 1. The van der Waals surface area contributed by atoms with Gasteiger partial charge in [0.05, 0.1) is 18.8 Å². The Morgan fingerprint density at radius 3 is 2.81 bits per heavy atom. The summed E-state index contributed by atoms with van der Waals surface area (Å²) in [6.07, 6.45) is 0. The molecule has 1 amide bonds. The van der Waals surface area contributed by atoms with E-state index in [1.165, 1.54) is 23.1 Å². The number of aryl methyl sites for hydroxylation is 1. The number of hydrogen-bond acceptors (Lipinski definition) is 3. The predicted molar refractivity (Wildman–Crippen MR) is 79.8 cm³/mol. The molecule has 0 radical (unpaired) electrons. The molecule has 2 aromatic rings. The van der Waals surface area contributed by atoms with Crippen molar-refractivity contribution in [3.63, 3.8) is 0 Å². The van der Waals surface area contributed by atoms with Crippen LogP contribution in [0, 0.1) is 12.7 Å². The first kappa shape index (κ1) is 15.4. The van der Waals surface area contributed by atoms with E-state index in [0.29, 0.717) is 17.3 Å². The normalized spacial score (nSPS) is 10.5. The number of nitrogens with zero attached hydrogens (tertiary/aromatic N) is 1. The van der Waals surface area contributed by atoms with E-state index in [1.807, 2.05) is 19.1 Å². The largest absolute Gasteiger partial charge is 0.464 e. The summed E-state index contributed by atoms with van der Waals surface area (Å²) in [5, 5.41) is 3.15. The van der Waals surface area contributed by atoms with Crippen LogP contribution >= 0.6 is 11.6 Å². The number of furan rings is 1. The SMILES string of the molecule is Cc1ccc(CN(C)C(=O)CNc2cc(Cl)ccc2F)o1. The van der Waals surface area contributed by atoms with Crippen molar-refractivity contribution in [1.29, 1.82) is 0 Å². The number of rotatable bonds is 5. The van der Waals surface area contributed by atoms with Crippen molar-refractivity contribution in [3.8, 4) is 0 Å². The summed E-state index contributed by atoms with van der Waals surface area (Å²) >= 11 is 5.79. The van der Waals surface area contributed by atoms with Gasteiger partial charge >= 0.3 is 0 Å². The molecule has 0 atom stereocenters. The Bertz CT molecular complexity index is 642. The monoisotopic (exact) mass is 310 g/mol. The van der Waals surface area contributed by atoms with Crippen LogP contribution in [0.15, 0.2) is 34.7 Å². The van der Waals surface area contributed by atoms with Gasteiger partial charge in [0.1, 0.15) is 17.3 Å². The predicted octanol–water partition coefficient (Wildman–Crippen LogP) is 3.45. The molecular weight excluding hydrogens is 295 g/mol. The van der Waals surface area contributed by atoms with E-state index in [2.05, 4.69) is 5.32 Å². The molecule has 0 bridgehead atoms. The summed E-state index contributed by atoms with van der Waals surface area (Å²) in [4.78, 5) is 13.5. The van der Waals surface area contributed by atoms with Crippen LogP contribution in [0.25, 0.3) is 0 Å². The molecule has 112 valence electrons. The molecule has 1 heterocycles. The van der Waals surface area contributed by atoms with E-state index in [4.69, 9.17) is 16.0 Å². The molecule has 1 N–H and O–H groups in total. The second kappa shape index (κ2) is 6.63. The van der Waals surface area contributed by atoms with Crippen molar-refractivity contribution in [2.24, 2.45) is 0 Å². The summed E-state index contributed by atoms with van der Waals surface area (Å²) in [6.45, 7) is 2.19. The summed E-state index contributed by atoms with van der Waals surface area (Å²) < 4.78 is 18.9. The van der Waals surface area contributed by atoms with Crippen molar-refractivity contribution in [3.05, 3.63) is 52.7 Å². The second-order valence-corrected chi connectivity index (χ2v) is 5.18. The number of hydrogen-bond donors (Lipinski definition) is 1. The van der Waals surface area contributed by atoms with E-state index >= 15 is 0 Å². The van der Waals surface area contributed by atoms with Gasteiger partial charge in [-0.1, -0.05) is 11.6 Å². The highest BCUT2D eigenvalue weighted by Crippen LogP contribution is 2.19. The molecule has 2 rings (SSSR count). The zero-order valence-electron chi connectivity index (χ0n) is 11.8. The average molecular weight is 311 g/mol. The van der Waals surface area contributed by atoms with Crippen molar-refractivity contribution >= 4 is 23.2 Å². The van der Waals surface area contributed by atoms with Gasteiger partial charge in [0.15, 0.2) is 0 Å². The molecule has 4 nitrogen and oxygen atoms in total. The van der Waals surface area contributed by atoms with Gasteiger partial charge in [-0.2, -0.15) is 0 Å². The molecule has 0 fully saturated rings. The maximum atomic E-state index is 13.5. The third-order valence-corrected chi connectivity index (χ3v) is 3.21. The minimum atomic E-state index is -0.448. The molecule has 0 unspecified atom stereocenters. The summed E-state index contributed by atoms with van der Waals surface area (Å²) in [5.74, 6) is 0.877. The standard InChI is InChI=1S/C15H16ClFN2O2/c1-10-3-5-12(21-10)9-19(2)15(20)8-18-14-7-11(16)4-6-13(14)17/h3-7,18H,8-9H2,1-2H3. The van der Waals surface area contributed by atoms with E-state index in [-0.39, 0.29) is 18.1 Å². The average Bonchev–Trinajstić information content (AvgIpc) is 2.84. The van der Waals surface area contributed by atoms with Crippen LogP contribution in [-0.4, -0.2) is 24.4 Å². The molecule has 0 aliphatic carbocycles. The zero-order chi connectivity index (χ0) is 15.4. The Balaban J connectivity index is 1.90.